The second-order valence-electron chi connectivity index (χ2n) is 5.36. The van der Waals surface area contributed by atoms with E-state index >= 15 is 0 Å². The third-order valence-corrected chi connectivity index (χ3v) is 4.30. The SMILES string of the molecule is COC(=O)[C@H]1CCCN([C@H](CO)c2ccccc2)[C@H]1C. The molecule has 1 N–H and O–H groups in total. The van der Waals surface area contributed by atoms with Crippen molar-refractivity contribution in [2.75, 3.05) is 20.3 Å². The number of likely N-dealkylation sites (tertiary alicyclic amines) is 1. The fourth-order valence-electron chi connectivity index (χ4n) is 3.15. The van der Waals surface area contributed by atoms with Crippen molar-refractivity contribution in [3.05, 3.63) is 35.9 Å². The molecule has 1 aromatic carbocycles. The second-order valence-corrected chi connectivity index (χ2v) is 5.36. The molecule has 0 amide bonds. The Hall–Kier alpha value is -1.39. The summed E-state index contributed by atoms with van der Waals surface area (Å²) in [6.07, 6.45) is 1.81. The zero-order chi connectivity index (χ0) is 14.5. The van der Waals surface area contributed by atoms with Crippen LogP contribution in [0.5, 0.6) is 0 Å². The third-order valence-electron chi connectivity index (χ3n) is 4.30. The quantitative estimate of drug-likeness (QED) is 0.855. The van der Waals surface area contributed by atoms with Crippen LogP contribution in [0, 0.1) is 5.92 Å². The van der Waals surface area contributed by atoms with Gasteiger partial charge in [0.2, 0.25) is 0 Å². The highest BCUT2D eigenvalue weighted by molar-refractivity contribution is 5.73. The van der Waals surface area contributed by atoms with Crippen molar-refractivity contribution >= 4 is 5.97 Å². The van der Waals surface area contributed by atoms with Crippen molar-refractivity contribution in [1.82, 2.24) is 4.90 Å². The van der Waals surface area contributed by atoms with Gasteiger partial charge >= 0.3 is 5.97 Å². The number of aliphatic hydroxyl groups is 1. The monoisotopic (exact) mass is 277 g/mol. The summed E-state index contributed by atoms with van der Waals surface area (Å²) in [4.78, 5) is 14.1. The average molecular weight is 277 g/mol. The van der Waals surface area contributed by atoms with E-state index in [0.29, 0.717) is 0 Å². The number of piperidine rings is 1. The Bertz CT molecular complexity index is 435. The van der Waals surface area contributed by atoms with Gasteiger partial charge in [0.1, 0.15) is 0 Å². The van der Waals surface area contributed by atoms with Crippen molar-refractivity contribution in [3.8, 4) is 0 Å². The van der Waals surface area contributed by atoms with Gasteiger partial charge in [-0.1, -0.05) is 30.3 Å². The zero-order valence-corrected chi connectivity index (χ0v) is 12.2. The number of esters is 1. The molecular weight excluding hydrogens is 254 g/mol. The molecule has 1 heterocycles. The number of rotatable bonds is 4. The van der Waals surface area contributed by atoms with E-state index in [9.17, 15) is 9.90 Å². The molecule has 0 bridgehead atoms. The molecule has 0 aromatic heterocycles. The number of benzene rings is 1. The molecule has 110 valence electrons. The molecule has 4 heteroatoms. The smallest absolute Gasteiger partial charge is 0.310 e. The first-order valence-electron chi connectivity index (χ1n) is 7.18. The molecule has 0 aliphatic carbocycles. The lowest BCUT2D eigenvalue weighted by molar-refractivity contribution is -0.150. The maximum Gasteiger partial charge on any atom is 0.310 e. The third kappa shape index (κ3) is 3.02. The Kier molecular flexibility index (Phi) is 5.15. The number of carbonyl (C=O) groups is 1. The van der Waals surface area contributed by atoms with Gasteiger partial charge in [0.05, 0.1) is 25.7 Å². The van der Waals surface area contributed by atoms with Gasteiger partial charge in [-0.3, -0.25) is 9.69 Å². The Morgan fingerprint density at radius 2 is 2.15 bits per heavy atom. The summed E-state index contributed by atoms with van der Waals surface area (Å²) < 4.78 is 4.90. The van der Waals surface area contributed by atoms with Gasteiger partial charge in [-0.2, -0.15) is 0 Å². The van der Waals surface area contributed by atoms with Crippen LogP contribution in [0.3, 0.4) is 0 Å². The number of ether oxygens (including phenoxy) is 1. The fraction of sp³-hybridized carbons (Fsp3) is 0.562. The molecule has 20 heavy (non-hydrogen) atoms. The van der Waals surface area contributed by atoms with Crippen LogP contribution in [-0.2, 0) is 9.53 Å². The van der Waals surface area contributed by atoms with Gasteiger partial charge in [0.25, 0.3) is 0 Å². The van der Waals surface area contributed by atoms with Crippen LogP contribution in [0.4, 0.5) is 0 Å². The van der Waals surface area contributed by atoms with E-state index in [1.807, 2.05) is 37.3 Å². The largest absolute Gasteiger partial charge is 0.469 e. The van der Waals surface area contributed by atoms with Crippen LogP contribution < -0.4 is 0 Å². The first kappa shape index (κ1) is 15.0. The van der Waals surface area contributed by atoms with E-state index in [0.717, 1.165) is 24.9 Å². The molecule has 1 aliphatic rings. The molecule has 1 fully saturated rings. The van der Waals surface area contributed by atoms with Crippen LogP contribution in [0.2, 0.25) is 0 Å². The lowest BCUT2D eigenvalue weighted by atomic mass is 9.88. The molecule has 1 saturated heterocycles. The number of methoxy groups -OCH3 is 1. The van der Waals surface area contributed by atoms with E-state index in [-0.39, 0.29) is 30.6 Å². The lowest BCUT2D eigenvalue weighted by Gasteiger charge is -2.42. The van der Waals surface area contributed by atoms with Crippen LogP contribution in [-0.4, -0.2) is 42.3 Å². The molecule has 1 aromatic rings. The zero-order valence-electron chi connectivity index (χ0n) is 12.2. The minimum Gasteiger partial charge on any atom is -0.469 e. The van der Waals surface area contributed by atoms with Gasteiger partial charge < -0.3 is 9.84 Å². The molecule has 0 saturated carbocycles. The summed E-state index contributed by atoms with van der Waals surface area (Å²) >= 11 is 0. The lowest BCUT2D eigenvalue weighted by Crippen LogP contribution is -2.48. The Balaban J connectivity index is 2.19. The van der Waals surface area contributed by atoms with E-state index < -0.39 is 0 Å². The minimum atomic E-state index is -0.146. The van der Waals surface area contributed by atoms with Crippen LogP contribution in [0.25, 0.3) is 0 Å². The van der Waals surface area contributed by atoms with Gasteiger partial charge in [-0.15, -0.1) is 0 Å². The summed E-state index contributed by atoms with van der Waals surface area (Å²) in [6.45, 7) is 3.00. The standard InChI is InChI=1S/C16H23NO3/c1-12-14(16(19)20-2)9-6-10-17(12)15(11-18)13-7-4-3-5-8-13/h3-5,7-8,12,14-15,18H,6,9-11H2,1-2H3/t12-,14-,15+/m0/s1. The van der Waals surface area contributed by atoms with Crippen LogP contribution >= 0.6 is 0 Å². The summed E-state index contributed by atoms with van der Waals surface area (Å²) in [5.74, 6) is -0.251. The molecule has 0 radical (unpaired) electrons. The van der Waals surface area contributed by atoms with Crippen molar-refractivity contribution in [3.63, 3.8) is 0 Å². The number of carbonyl (C=O) groups excluding carboxylic acids is 1. The summed E-state index contributed by atoms with van der Waals surface area (Å²) in [5, 5.41) is 9.77. The molecule has 0 unspecified atom stereocenters. The highest BCUT2D eigenvalue weighted by Crippen LogP contribution is 2.32. The second kappa shape index (κ2) is 6.86. The maximum atomic E-state index is 11.9. The molecule has 0 spiro atoms. The highest BCUT2D eigenvalue weighted by Gasteiger charge is 2.37. The normalized spacial score (nSPS) is 25.1. The van der Waals surface area contributed by atoms with Crippen molar-refractivity contribution in [2.45, 2.75) is 31.8 Å². The summed E-state index contributed by atoms with van der Waals surface area (Å²) in [7, 11) is 1.44. The summed E-state index contributed by atoms with van der Waals surface area (Å²) in [5.41, 5.74) is 1.09. The number of hydrogen-bond donors (Lipinski definition) is 1. The van der Waals surface area contributed by atoms with Gasteiger partial charge in [0.15, 0.2) is 0 Å². The number of nitrogens with zero attached hydrogens (tertiary/aromatic N) is 1. The molecule has 3 atom stereocenters. The van der Waals surface area contributed by atoms with E-state index in [2.05, 4.69) is 4.90 Å². The molecule has 1 aliphatic heterocycles. The number of aliphatic hydroxyl groups excluding tert-OH is 1. The first-order chi connectivity index (χ1) is 9.69. The minimum absolute atomic E-state index is 0.0568. The first-order valence-corrected chi connectivity index (χ1v) is 7.18. The van der Waals surface area contributed by atoms with Crippen LogP contribution in [0.15, 0.2) is 30.3 Å². The van der Waals surface area contributed by atoms with Crippen LogP contribution in [0.1, 0.15) is 31.4 Å². The molecular formula is C16H23NO3. The van der Waals surface area contributed by atoms with Gasteiger partial charge in [-0.25, -0.2) is 0 Å². The molecule has 4 nitrogen and oxygen atoms in total. The van der Waals surface area contributed by atoms with Gasteiger partial charge in [-0.05, 0) is 31.9 Å². The highest BCUT2D eigenvalue weighted by atomic mass is 16.5. The predicted molar refractivity (Wildman–Crippen MR) is 77.2 cm³/mol. The predicted octanol–water partition coefficient (Wildman–Crippen LogP) is 1.99. The number of hydrogen-bond acceptors (Lipinski definition) is 4. The van der Waals surface area contributed by atoms with E-state index in [1.54, 1.807) is 0 Å². The van der Waals surface area contributed by atoms with Crippen molar-refractivity contribution in [2.24, 2.45) is 5.92 Å². The van der Waals surface area contributed by atoms with E-state index in [4.69, 9.17) is 4.74 Å². The summed E-state index contributed by atoms with van der Waals surface area (Å²) in [6, 6.07) is 9.99. The van der Waals surface area contributed by atoms with Gasteiger partial charge in [0, 0.05) is 6.04 Å². The Morgan fingerprint density at radius 1 is 1.45 bits per heavy atom. The fourth-order valence-corrected chi connectivity index (χ4v) is 3.15. The van der Waals surface area contributed by atoms with E-state index in [1.165, 1.54) is 7.11 Å². The maximum absolute atomic E-state index is 11.9. The topological polar surface area (TPSA) is 49.8 Å². The molecule has 2 rings (SSSR count). The average Bonchev–Trinajstić information content (AvgIpc) is 2.50. The Labute approximate surface area is 120 Å². The van der Waals surface area contributed by atoms with Crippen molar-refractivity contribution < 1.29 is 14.6 Å². The van der Waals surface area contributed by atoms with Crippen molar-refractivity contribution in [1.29, 1.82) is 0 Å². The Morgan fingerprint density at radius 3 is 2.75 bits per heavy atom.